The second-order valence-electron chi connectivity index (χ2n) is 4.16. The SMILES string of the molecule is O=C(Nc1ccccc1)c1ccc([N+](=O)[O-])c([N+](=O)[O-])c1O. The summed E-state index contributed by atoms with van der Waals surface area (Å²) in [6.07, 6.45) is 0. The summed E-state index contributed by atoms with van der Waals surface area (Å²) in [7, 11) is 0. The molecule has 2 rings (SSSR count). The second kappa shape index (κ2) is 5.87. The van der Waals surface area contributed by atoms with Gasteiger partial charge in [-0.05, 0) is 18.2 Å². The van der Waals surface area contributed by atoms with Crippen molar-refractivity contribution < 1.29 is 19.7 Å². The van der Waals surface area contributed by atoms with Crippen LogP contribution < -0.4 is 5.32 Å². The zero-order valence-corrected chi connectivity index (χ0v) is 10.9. The Hall–Kier alpha value is -3.49. The van der Waals surface area contributed by atoms with E-state index in [0.717, 1.165) is 12.1 Å². The number of carbonyl (C=O) groups is 1. The summed E-state index contributed by atoms with van der Waals surface area (Å²) in [5, 5.41) is 33.9. The van der Waals surface area contributed by atoms with Gasteiger partial charge in [0, 0.05) is 11.8 Å². The lowest BCUT2D eigenvalue weighted by Crippen LogP contribution is -2.13. The number of nitro benzene ring substituents is 2. The molecule has 2 N–H and O–H groups in total. The number of nitrogens with one attached hydrogen (secondary N) is 1. The van der Waals surface area contributed by atoms with E-state index in [0.29, 0.717) is 5.69 Å². The smallest absolute Gasteiger partial charge is 0.387 e. The minimum Gasteiger partial charge on any atom is -0.501 e. The van der Waals surface area contributed by atoms with Gasteiger partial charge in [-0.3, -0.25) is 25.0 Å². The van der Waals surface area contributed by atoms with Crippen LogP contribution in [0.4, 0.5) is 17.1 Å². The quantitative estimate of drug-likeness (QED) is 0.657. The number of benzene rings is 2. The van der Waals surface area contributed by atoms with Gasteiger partial charge in [0.2, 0.25) is 5.75 Å². The fourth-order valence-corrected chi connectivity index (χ4v) is 1.80. The number of phenols is 1. The Bertz CT molecular complexity index is 760. The monoisotopic (exact) mass is 303 g/mol. The van der Waals surface area contributed by atoms with Gasteiger partial charge in [0.1, 0.15) is 0 Å². The summed E-state index contributed by atoms with van der Waals surface area (Å²) in [5.74, 6) is -1.87. The highest BCUT2D eigenvalue weighted by atomic mass is 16.6. The van der Waals surface area contributed by atoms with Gasteiger partial charge in [0.05, 0.1) is 15.4 Å². The van der Waals surface area contributed by atoms with E-state index in [2.05, 4.69) is 5.32 Å². The summed E-state index contributed by atoms with van der Waals surface area (Å²) < 4.78 is 0. The summed E-state index contributed by atoms with van der Waals surface area (Å²) in [6.45, 7) is 0. The van der Waals surface area contributed by atoms with Crippen molar-refractivity contribution in [2.45, 2.75) is 0 Å². The van der Waals surface area contributed by atoms with Crippen LogP contribution in [0.1, 0.15) is 10.4 Å². The molecule has 0 aromatic heterocycles. The molecule has 0 spiro atoms. The Labute approximate surface area is 123 Å². The number of nitrogens with zero attached hydrogens (tertiary/aromatic N) is 2. The molecular weight excluding hydrogens is 294 g/mol. The van der Waals surface area contributed by atoms with Crippen LogP contribution in [0.15, 0.2) is 42.5 Å². The Balaban J connectivity index is 2.44. The molecule has 0 atom stereocenters. The average molecular weight is 303 g/mol. The van der Waals surface area contributed by atoms with Crippen molar-refractivity contribution in [1.29, 1.82) is 0 Å². The highest BCUT2D eigenvalue weighted by Gasteiger charge is 2.32. The predicted molar refractivity (Wildman–Crippen MR) is 75.8 cm³/mol. The number of amides is 1. The number of hydrogen-bond donors (Lipinski definition) is 2. The number of anilines is 1. The molecule has 22 heavy (non-hydrogen) atoms. The molecule has 0 saturated heterocycles. The Kier molecular flexibility index (Phi) is 3.98. The molecule has 2 aromatic carbocycles. The van der Waals surface area contributed by atoms with Crippen molar-refractivity contribution in [3.8, 4) is 5.75 Å². The van der Waals surface area contributed by atoms with Gasteiger partial charge in [-0.25, -0.2) is 0 Å². The first-order chi connectivity index (χ1) is 10.4. The van der Waals surface area contributed by atoms with Gasteiger partial charge in [0.15, 0.2) is 0 Å². The lowest BCUT2D eigenvalue weighted by atomic mass is 10.1. The lowest BCUT2D eigenvalue weighted by molar-refractivity contribution is -0.423. The molecule has 1 amide bonds. The van der Waals surface area contributed by atoms with E-state index in [1.54, 1.807) is 30.3 Å². The molecule has 0 radical (unpaired) electrons. The topological polar surface area (TPSA) is 136 Å². The van der Waals surface area contributed by atoms with Crippen LogP contribution in [-0.2, 0) is 0 Å². The number of rotatable bonds is 4. The first-order valence-electron chi connectivity index (χ1n) is 5.93. The maximum absolute atomic E-state index is 12.0. The third-order valence-electron chi connectivity index (χ3n) is 2.79. The first kappa shape index (κ1) is 14.9. The molecule has 0 heterocycles. The summed E-state index contributed by atoms with van der Waals surface area (Å²) >= 11 is 0. The molecule has 9 nitrogen and oxygen atoms in total. The molecule has 9 heteroatoms. The fraction of sp³-hybridized carbons (Fsp3) is 0. The fourth-order valence-electron chi connectivity index (χ4n) is 1.80. The van der Waals surface area contributed by atoms with Crippen LogP contribution in [0.5, 0.6) is 5.75 Å². The molecule has 2 aromatic rings. The molecule has 0 aliphatic carbocycles. The highest BCUT2D eigenvalue weighted by Crippen LogP contribution is 2.38. The molecule has 0 aliphatic rings. The van der Waals surface area contributed by atoms with Crippen LogP contribution in [0.2, 0.25) is 0 Å². The van der Waals surface area contributed by atoms with Gasteiger partial charge < -0.3 is 10.4 Å². The molecule has 0 saturated carbocycles. The van der Waals surface area contributed by atoms with Crippen molar-refractivity contribution in [3.63, 3.8) is 0 Å². The van der Waals surface area contributed by atoms with Gasteiger partial charge in [-0.15, -0.1) is 0 Å². The van der Waals surface area contributed by atoms with Crippen LogP contribution in [-0.4, -0.2) is 20.9 Å². The first-order valence-corrected chi connectivity index (χ1v) is 5.93. The minimum atomic E-state index is -1.12. The largest absolute Gasteiger partial charge is 0.501 e. The van der Waals surface area contributed by atoms with E-state index < -0.39 is 38.4 Å². The van der Waals surface area contributed by atoms with E-state index >= 15 is 0 Å². The standard InChI is InChI=1S/C13H9N3O6/c17-12-9(13(18)14-8-4-2-1-3-5-8)6-7-10(15(19)20)11(12)16(21)22/h1-7,17H,(H,14,18). The van der Waals surface area contributed by atoms with E-state index in [9.17, 15) is 30.1 Å². The number of hydrogen-bond acceptors (Lipinski definition) is 6. The summed E-state index contributed by atoms with van der Waals surface area (Å²) in [4.78, 5) is 31.5. The predicted octanol–water partition coefficient (Wildman–Crippen LogP) is 2.46. The normalized spacial score (nSPS) is 10.0. The van der Waals surface area contributed by atoms with Gasteiger partial charge in [-0.1, -0.05) is 18.2 Å². The van der Waals surface area contributed by atoms with Crippen molar-refractivity contribution in [1.82, 2.24) is 0 Å². The maximum atomic E-state index is 12.0. The number of nitro groups is 2. The van der Waals surface area contributed by atoms with Crippen molar-refractivity contribution in [3.05, 3.63) is 68.3 Å². The number of phenolic OH excluding ortho intramolecular Hbond substituents is 1. The molecule has 0 aliphatic heterocycles. The van der Waals surface area contributed by atoms with E-state index in [4.69, 9.17) is 0 Å². The van der Waals surface area contributed by atoms with Crippen LogP contribution in [0, 0.1) is 20.2 Å². The third-order valence-corrected chi connectivity index (χ3v) is 2.79. The Morgan fingerprint density at radius 1 is 1.00 bits per heavy atom. The van der Waals surface area contributed by atoms with E-state index in [1.807, 2.05) is 0 Å². The summed E-state index contributed by atoms with van der Waals surface area (Å²) in [6, 6.07) is 9.96. The Morgan fingerprint density at radius 2 is 1.64 bits per heavy atom. The third kappa shape index (κ3) is 2.82. The zero-order chi connectivity index (χ0) is 16.3. The van der Waals surface area contributed by atoms with Crippen molar-refractivity contribution in [2.75, 3.05) is 5.32 Å². The van der Waals surface area contributed by atoms with Crippen molar-refractivity contribution >= 4 is 23.0 Å². The number of carbonyl (C=O) groups excluding carboxylic acids is 1. The highest BCUT2D eigenvalue weighted by molar-refractivity contribution is 6.07. The van der Waals surface area contributed by atoms with Crippen LogP contribution >= 0.6 is 0 Å². The van der Waals surface area contributed by atoms with E-state index in [-0.39, 0.29) is 0 Å². The molecule has 0 fully saturated rings. The summed E-state index contributed by atoms with van der Waals surface area (Å²) in [5.41, 5.74) is -2.03. The van der Waals surface area contributed by atoms with Gasteiger partial charge in [-0.2, -0.15) is 0 Å². The number of aromatic hydroxyl groups is 1. The average Bonchev–Trinajstić information content (AvgIpc) is 2.47. The maximum Gasteiger partial charge on any atom is 0.387 e. The van der Waals surface area contributed by atoms with Crippen LogP contribution in [0.25, 0.3) is 0 Å². The van der Waals surface area contributed by atoms with Gasteiger partial charge in [0.25, 0.3) is 5.91 Å². The minimum absolute atomic E-state index is 0.410. The van der Waals surface area contributed by atoms with Crippen LogP contribution in [0.3, 0.4) is 0 Å². The number of para-hydroxylation sites is 1. The Morgan fingerprint density at radius 3 is 2.18 bits per heavy atom. The van der Waals surface area contributed by atoms with E-state index in [1.165, 1.54) is 0 Å². The lowest BCUT2D eigenvalue weighted by Gasteiger charge is -2.07. The molecular formula is C13H9N3O6. The molecule has 112 valence electrons. The van der Waals surface area contributed by atoms with Gasteiger partial charge >= 0.3 is 11.4 Å². The zero-order valence-electron chi connectivity index (χ0n) is 10.9. The second-order valence-corrected chi connectivity index (χ2v) is 4.16. The van der Waals surface area contributed by atoms with Crippen molar-refractivity contribution in [2.24, 2.45) is 0 Å². The molecule has 0 unspecified atom stereocenters. The molecule has 0 bridgehead atoms.